The molecule has 3 atom stereocenters. The van der Waals surface area contributed by atoms with E-state index in [9.17, 15) is 0 Å². The van der Waals surface area contributed by atoms with Crippen LogP contribution in [0.1, 0.15) is 43.9 Å². The van der Waals surface area contributed by atoms with Crippen molar-refractivity contribution in [2.24, 2.45) is 11.8 Å². The molecule has 1 heteroatoms. The molecule has 1 aromatic carbocycles. The van der Waals surface area contributed by atoms with Gasteiger partial charge in [0.1, 0.15) is 0 Å². The molecule has 2 unspecified atom stereocenters. The predicted octanol–water partition coefficient (Wildman–Crippen LogP) is 4.03. The first-order valence-electron chi connectivity index (χ1n) is 6.72. The van der Waals surface area contributed by atoms with Crippen molar-refractivity contribution in [1.82, 2.24) is 5.32 Å². The van der Waals surface area contributed by atoms with Crippen LogP contribution in [-0.4, -0.2) is 6.54 Å². The zero-order valence-corrected chi connectivity index (χ0v) is 10.9. The molecule has 1 aromatic rings. The molecule has 0 bridgehead atoms. The molecule has 1 N–H and O–H groups in total. The van der Waals surface area contributed by atoms with Crippen LogP contribution in [0.4, 0.5) is 0 Å². The van der Waals surface area contributed by atoms with Crippen molar-refractivity contribution in [2.45, 2.75) is 32.7 Å². The molecule has 1 nitrogen and oxygen atoms in total. The number of hydrogen-bond acceptors (Lipinski definition) is 1. The van der Waals surface area contributed by atoms with Crippen LogP contribution in [0.25, 0.3) is 6.08 Å². The summed E-state index contributed by atoms with van der Waals surface area (Å²) in [5.74, 6) is 1.55. The van der Waals surface area contributed by atoms with Gasteiger partial charge in [0, 0.05) is 6.04 Å². The zero-order chi connectivity index (χ0) is 12.3. The molecule has 0 radical (unpaired) electrons. The second-order valence-corrected chi connectivity index (χ2v) is 5.10. The summed E-state index contributed by atoms with van der Waals surface area (Å²) in [5.41, 5.74) is 2.70. The Balaban J connectivity index is 2.29. The van der Waals surface area contributed by atoms with Gasteiger partial charge in [-0.05, 0) is 35.9 Å². The van der Waals surface area contributed by atoms with Crippen LogP contribution in [0, 0.1) is 11.8 Å². The summed E-state index contributed by atoms with van der Waals surface area (Å²) >= 11 is 0. The van der Waals surface area contributed by atoms with E-state index >= 15 is 0 Å². The van der Waals surface area contributed by atoms with Crippen LogP contribution in [0.5, 0.6) is 0 Å². The lowest BCUT2D eigenvalue weighted by Crippen LogP contribution is -2.22. The fraction of sp³-hybridized carbons (Fsp3) is 0.500. The van der Waals surface area contributed by atoms with E-state index in [-0.39, 0.29) is 0 Å². The summed E-state index contributed by atoms with van der Waals surface area (Å²) in [6, 6.07) is 9.15. The third kappa shape index (κ3) is 2.44. The van der Waals surface area contributed by atoms with Crippen molar-refractivity contribution in [2.75, 3.05) is 6.54 Å². The highest BCUT2D eigenvalue weighted by Crippen LogP contribution is 2.37. The second-order valence-electron chi connectivity index (χ2n) is 5.10. The number of nitrogens with one attached hydrogen (secondary N) is 1. The Morgan fingerprint density at radius 3 is 2.94 bits per heavy atom. The van der Waals surface area contributed by atoms with Crippen LogP contribution < -0.4 is 5.32 Å². The Bertz CT molecular complexity index is 383. The summed E-state index contributed by atoms with van der Waals surface area (Å²) in [6.45, 7) is 9.74. The van der Waals surface area contributed by atoms with Gasteiger partial charge < -0.3 is 5.32 Å². The molecule has 1 aliphatic rings. The summed E-state index contributed by atoms with van der Waals surface area (Å²) in [4.78, 5) is 0. The Morgan fingerprint density at radius 2 is 2.24 bits per heavy atom. The molecular formula is C16H23N. The van der Waals surface area contributed by atoms with Crippen LogP contribution in [0.2, 0.25) is 0 Å². The van der Waals surface area contributed by atoms with Crippen molar-refractivity contribution in [3.63, 3.8) is 0 Å². The van der Waals surface area contributed by atoms with Gasteiger partial charge in [-0.2, -0.15) is 0 Å². The third-order valence-corrected chi connectivity index (χ3v) is 4.20. The highest BCUT2D eigenvalue weighted by Gasteiger charge is 2.32. The van der Waals surface area contributed by atoms with E-state index in [4.69, 9.17) is 0 Å². The van der Waals surface area contributed by atoms with Crippen LogP contribution in [0.3, 0.4) is 0 Å². The van der Waals surface area contributed by atoms with Gasteiger partial charge >= 0.3 is 0 Å². The molecule has 0 amide bonds. The maximum Gasteiger partial charge on any atom is 0.0357 e. The first-order chi connectivity index (χ1) is 8.27. The largest absolute Gasteiger partial charge is 0.310 e. The molecule has 1 fully saturated rings. The third-order valence-electron chi connectivity index (χ3n) is 4.20. The maximum absolute atomic E-state index is 3.93. The van der Waals surface area contributed by atoms with Gasteiger partial charge in [-0.15, -0.1) is 0 Å². The highest BCUT2D eigenvalue weighted by atomic mass is 15.0. The molecule has 17 heavy (non-hydrogen) atoms. The quantitative estimate of drug-likeness (QED) is 0.822. The Morgan fingerprint density at radius 1 is 1.47 bits per heavy atom. The summed E-state index contributed by atoms with van der Waals surface area (Å²) < 4.78 is 0. The van der Waals surface area contributed by atoms with Gasteiger partial charge in [0.25, 0.3) is 0 Å². The Kier molecular flexibility index (Phi) is 4.01. The minimum Gasteiger partial charge on any atom is -0.310 e. The van der Waals surface area contributed by atoms with E-state index in [2.05, 4.69) is 50.0 Å². The highest BCUT2D eigenvalue weighted by molar-refractivity contribution is 5.53. The van der Waals surface area contributed by atoms with E-state index in [1.807, 2.05) is 6.08 Å². The summed E-state index contributed by atoms with van der Waals surface area (Å²) in [6.07, 6.45) is 4.53. The lowest BCUT2D eigenvalue weighted by atomic mass is 9.82. The molecule has 2 rings (SSSR count). The van der Waals surface area contributed by atoms with E-state index in [1.54, 1.807) is 0 Å². The standard InChI is InChI=1S/C16H23N/c1-4-12(3)14-10-11-17-16(14)15-9-7-6-8-13(15)5-2/h5-9,12,14,16-17H,2,4,10-11H2,1,3H3/t12?,14?,16-/m0/s1. The first-order valence-corrected chi connectivity index (χ1v) is 6.72. The maximum atomic E-state index is 3.93. The Labute approximate surface area is 105 Å². The summed E-state index contributed by atoms with van der Waals surface area (Å²) in [7, 11) is 0. The lowest BCUT2D eigenvalue weighted by molar-refractivity contribution is 0.316. The molecule has 0 spiro atoms. The van der Waals surface area contributed by atoms with Gasteiger partial charge in [0.2, 0.25) is 0 Å². The topological polar surface area (TPSA) is 12.0 Å². The molecule has 0 aliphatic carbocycles. The molecule has 0 aromatic heterocycles. The SMILES string of the molecule is C=Cc1ccccc1[C@H]1NCCC1C(C)CC. The van der Waals surface area contributed by atoms with Crippen molar-refractivity contribution in [1.29, 1.82) is 0 Å². The smallest absolute Gasteiger partial charge is 0.0357 e. The van der Waals surface area contributed by atoms with Crippen LogP contribution >= 0.6 is 0 Å². The zero-order valence-electron chi connectivity index (χ0n) is 10.9. The average molecular weight is 229 g/mol. The molecule has 1 heterocycles. The lowest BCUT2D eigenvalue weighted by Gasteiger charge is -2.26. The predicted molar refractivity (Wildman–Crippen MR) is 74.8 cm³/mol. The van der Waals surface area contributed by atoms with Gasteiger partial charge in [-0.25, -0.2) is 0 Å². The second kappa shape index (κ2) is 5.50. The normalized spacial score (nSPS) is 25.8. The summed E-state index contributed by atoms with van der Waals surface area (Å²) in [5, 5.41) is 3.67. The van der Waals surface area contributed by atoms with Gasteiger partial charge in [0.15, 0.2) is 0 Å². The first kappa shape index (κ1) is 12.4. The molecular weight excluding hydrogens is 206 g/mol. The van der Waals surface area contributed by atoms with Crippen molar-refractivity contribution in [3.8, 4) is 0 Å². The van der Waals surface area contributed by atoms with Gasteiger partial charge in [-0.3, -0.25) is 0 Å². The van der Waals surface area contributed by atoms with Gasteiger partial charge in [-0.1, -0.05) is 57.2 Å². The van der Waals surface area contributed by atoms with Crippen molar-refractivity contribution < 1.29 is 0 Å². The van der Waals surface area contributed by atoms with E-state index < -0.39 is 0 Å². The van der Waals surface area contributed by atoms with Crippen LogP contribution in [0.15, 0.2) is 30.8 Å². The fourth-order valence-corrected chi connectivity index (χ4v) is 2.96. The number of hydrogen-bond donors (Lipinski definition) is 1. The average Bonchev–Trinajstić information content (AvgIpc) is 2.86. The fourth-order valence-electron chi connectivity index (χ4n) is 2.96. The van der Waals surface area contributed by atoms with Crippen molar-refractivity contribution in [3.05, 3.63) is 42.0 Å². The minimum atomic E-state index is 0.513. The van der Waals surface area contributed by atoms with Crippen LogP contribution in [-0.2, 0) is 0 Å². The molecule has 0 saturated carbocycles. The number of benzene rings is 1. The molecule has 1 aliphatic heterocycles. The minimum absolute atomic E-state index is 0.513. The monoisotopic (exact) mass is 229 g/mol. The van der Waals surface area contributed by atoms with Gasteiger partial charge in [0.05, 0.1) is 0 Å². The Hall–Kier alpha value is -1.08. The molecule has 92 valence electrons. The van der Waals surface area contributed by atoms with Crippen molar-refractivity contribution >= 4 is 6.08 Å². The van der Waals surface area contributed by atoms with E-state index in [0.717, 1.165) is 18.4 Å². The van der Waals surface area contributed by atoms with E-state index in [1.165, 1.54) is 24.0 Å². The molecule has 1 saturated heterocycles. The number of rotatable bonds is 4. The van der Waals surface area contributed by atoms with E-state index in [0.29, 0.717) is 6.04 Å².